The van der Waals surface area contributed by atoms with Crippen molar-refractivity contribution < 1.29 is 4.74 Å². The first kappa shape index (κ1) is 6.60. The highest BCUT2D eigenvalue weighted by Gasteiger charge is 2.24. The minimum absolute atomic E-state index is 0.149. The summed E-state index contributed by atoms with van der Waals surface area (Å²) in [6.45, 7) is 2.17. The fourth-order valence-corrected chi connectivity index (χ4v) is 1.16. The standard InChI is InChI=1S/C6H10N4O/c7-6-9-3-4-5(10-6)11-2-1-8-4/h4,8H,1-3H2,(H2,7,9). The predicted octanol–water partition coefficient (Wildman–Crippen LogP) is -1.30. The Hall–Kier alpha value is -1.10. The smallest absolute Gasteiger partial charge is 0.218 e. The van der Waals surface area contributed by atoms with Gasteiger partial charge in [-0.15, -0.1) is 0 Å². The third kappa shape index (κ3) is 1.19. The minimum Gasteiger partial charge on any atom is -0.478 e. The SMILES string of the molecule is NC1=NCC2NCCOC2=N1. The van der Waals surface area contributed by atoms with Crippen LogP contribution < -0.4 is 11.1 Å². The lowest BCUT2D eigenvalue weighted by molar-refractivity contribution is 0.247. The van der Waals surface area contributed by atoms with Gasteiger partial charge in [-0.2, -0.15) is 4.99 Å². The van der Waals surface area contributed by atoms with Crippen molar-refractivity contribution >= 4 is 11.9 Å². The van der Waals surface area contributed by atoms with E-state index < -0.39 is 0 Å². The molecule has 1 saturated heterocycles. The first-order valence-electron chi connectivity index (χ1n) is 3.61. The fourth-order valence-electron chi connectivity index (χ4n) is 1.16. The molecule has 0 amide bonds. The van der Waals surface area contributed by atoms with Crippen LogP contribution in [-0.2, 0) is 4.74 Å². The van der Waals surface area contributed by atoms with E-state index >= 15 is 0 Å². The van der Waals surface area contributed by atoms with Crippen molar-refractivity contribution in [3.8, 4) is 0 Å². The molecule has 0 saturated carbocycles. The second-order valence-corrected chi connectivity index (χ2v) is 2.50. The van der Waals surface area contributed by atoms with Crippen molar-refractivity contribution in [3.05, 3.63) is 0 Å². The Morgan fingerprint density at radius 1 is 1.64 bits per heavy atom. The Morgan fingerprint density at radius 3 is 3.45 bits per heavy atom. The number of hydrogen-bond donors (Lipinski definition) is 2. The normalized spacial score (nSPS) is 29.6. The quantitative estimate of drug-likeness (QED) is 0.455. The van der Waals surface area contributed by atoms with Crippen LogP contribution in [0.15, 0.2) is 9.98 Å². The summed E-state index contributed by atoms with van der Waals surface area (Å²) < 4.78 is 5.28. The highest BCUT2D eigenvalue weighted by molar-refractivity contribution is 5.97. The maximum atomic E-state index is 5.40. The van der Waals surface area contributed by atoms with Crippen molar-refractivity contribution in [2.24, 2.45) is 15.7 Å². The lowest BCUT2D eigenvalue weighted by Gasteiger charge is -2.26. The molecule has 0 bridgehead atoms. The summed E-state index contributed by atoms with van der Waals surface area (Å²) in [6.07, 6.45) is 0. The van der Waals surface area contributed by atoms with E-state index in [9.17, 15) is 0 Å². The van der Waals surface area contributed by atoms with Crippen molar-refractivity contribution in [2.45, 2.75) is 6.04 Å². The van der Waals surface area contributed by atoms with Gasteiger partial charge in [-0.05, 0) is 0 Å². The number of nitrogens with one attached hydrogen (secondary N) is 1. The number of guanidine groups is 1. The van der Waals surface area contributed by atoms with E-state index in [0.717, 1.165) is 6.54 Å². The van der Waals surface area contributed by atoms with E-state index in [-0.39, 0.29) is 6.04 Å². The van der Waals surface area contributed by atoms with Crippen LogP contribution in [0, 0.1) is 0 Å². The van der Waals surface area contributed by atoms with Crippen LogP contribution >= 0.6 is 0 Å². The van der Waals surface area contributed by atoms with Gasteiger partial charge in [0.15, 0.2) is 0 Å². The van der Waals surface area contributed by atoms with E-state index in [2.05, 4.69) is 15.3 Å². The van der Waals surface area contributed by atoms with Gasteiger partial charge in [-0.3, -0.25) is 0 Å². The Balaban J connectivity index is 2.17. The minimum atomic E-state index is 0.149. The lowest BCUT2D eigenvalue weighted by atomic mass is 10.2. The van der Waals surface area contributed by atoms with Crippen LogP contribution in [0.1, 0.15) is 0 Å². The van der Waals surface area contributed by atoms with Gasteiger partial charge >= 0.3 is 0 Å². The molecule has 5 heteroatoms. The summed E-state index contributed by atoms with van der Waals surface area (Å²) in [5, 5.41) is 3.22. The van der Waals surface area contributed by atoms with E-state index in [1.54, 1.807) is 0 Å². The first-order chi connectivity index (χ1) is 5.36. The molecule has 1 atom stereocenters. The molecule has 2 heterocycles. The number of hydrogen-bond acceptors (Lipinski definition) is 5. The van der Waals surface area contributed by atoms with Gasteiger partial charge in [0.1, 0.15) is 12.6 Å². The summed E-state index contributed by atoms with van der Waals surface area (Å²) >= 11 is 0. The van der Waals surface area contributed by atoms with Crippen LogP contribution in [0.25, 0.3) is 0 Å². The van der Waals surface area contributed by atoms with E-state index in [4.69, 9.17) is 10.5 Å². The Morgan fingerprint density at radius 2 is 2.55 bits per heavy atom. The summed E-state index contributed by atoms with van der Waals surface area (Å²) in [7, 11) is 0. The number of ether oxygens (including phenoxy) is 1. The molecule has 0 radical (unpaired) electrons. The molecule has 2 rings (SSSR count). The summed E-state index contributed by atoms with van der Waals surface area (Å²) in [5.74, 6) is 1.00. The Bertz CT molecular complexity index is 223. The molecule has 3 N–H and O–H groups in total. The molecule has 11 heavy (non-hydrogen) atoms. The van der Waals surface area contributed by atoms with Gasteiger partial charge in [-0.25, -0.2) is 4.99 Å². The number of morpholine rings is 1. The van der Waals surface area contributed by atoms with Gasteiger partial charge in [0, 0.05) is 6.54 Å². The van der Waals surface area contributed by atoms with Gasteiger partial charge in [0.2, 0.25) is 11.9 Å². The van der Waals surface area contributed by atoms with Crippen molar-refractivity contribution in [1.82, 2.24) is 5.32 Å². The number of nitrogens with zero attached hydrogens (tertiary/aromatic N) is 2. The molecule has 60 valence electrons. The van der Waals surface area contributed by atoms with Crippen LogP contribution in [0.4, 0.5) is 0 Å². The van der Waals surface area contributed by atoms with Crippen LogP contribution in [0.3, 0.4) is 0 Å². The first-order valence-corrected chi connectivity index (χ1v) is 3.61. The number of nitrogens with two attached hydrogens (primary N) is 1. The molecule has 1 unspecified atom stereocenters. The zero-order valence-corrected chi connectivity index (χ0v) is 6.08. The molecule has 0 aromatic carbocycles. The fraction of sp³-hybridized carbons (Fsp3) is 0.667. The number of fused-ring (bicyclic) bond motifs is 1. The maximum Gasteiger partial charge on any atom is 0.218 e. The third-order valence-electron chi connectivity index (χ3n) is 1.70. The average molecular weight is 154 g/mol. The monoisotopic (exact) mass is 154 g/mol. The maximum absolute atomic E-state index is 5.40. The molecular formula is C6H10N4O. The van der Waals surface area contributed by atoms with Crippen molar-refractivity contribution in [1.29, 1.82) is 0 Å². The number of rotatable bonds is 0. The summed E-state index contributed by atoms with van der Waals surface area (Å²) in [5.41, 5.74) is 5.40. The molecule has 1 fully saturated rings. The highest BCUT2D eigenvalue weighted by atomic mass is 16.5. The van der Waals surface area contributed by atoms with Crippen LogP contribution in [0.5, 0.6) is 0 Å². The second-order valence-electron chi connectivity index (χ2n) is 2.50. The van der Waals surface area contributed by atoms with Crippen LogP contribution in [-0.4, -0.2) is 37.6 Å². The zero-order valence-electron chi connectivity index (χ0n) is 6.08. The Labute approximate surface area is 64.3 Å². The average Bonchev–Trinajstić information content (AvgIpc) is 2.04. The van der Waals surface area contributed by atoms with E-state index in [1.807, 2.05) is 0 Å². The van der Waals surface area contributed by atoms with E-state index in [1.165, 1.54) is 0 Å². The molecule has 2 aliphatic heterocycles. The van der Waals surface area contributed by atoms with Gasteiger partial charge in [0.25, 0.3) is 0 Å². The molecule has 5 nitrogen and oxygen atoms in total. The molecule has 0 aromatic heterocycles. The summed E-state index contributed by atoms with van der Waals surface area (Å²) in [4.78, 5) is 7.94. The largest absolute Gasteiger partial charge is 0.478 e. The molecule has 0 spiro atoms. The van der Waals surface area contributed by atoms with Gasteiger partial charge < -0.3 is 15.8 Å². The van der Waals surface area contributed by atoms with Crippen LogP contribution in [0.2, 0.25) is 0 Å². The summed E-state index contributed by atoms with van der Waals surface area (Å²) in [6, 6.07) is 0.149. The Kier molecular flexibility index (Phi) is 1.50. The topological polar surface area (TPSA) is 72.0 Å². The third-order valence-corrected chi connectivity index (χ3v) is 1.70. The van der Waals surface area contributed by atoms with Crippen molar-refractivity contribution in [2.75, 3.05) is 19.7 Å². The highest BCUT2D eigenvalue weighted by Crippen LogP contribution is 2.03. The molecule has 0 aromatic rings. The van der Waals surface area contributed by atoms with Gasteiger partial charge in [0.05, 0.1) is 6.54 Å². The van der Waals surface area contributed by atoms with Gasteiger partial charge in [-0.1, -0.05) is 0 Å². The zero-order chi connectivity index (χ0) is 7.68. The molecular weight excluding hydrogens is 144 g/mol. The lowest BCUT2D eigenvalue weighted by Crippen LogP contribution is -2.49. The second kappa shape index (κ2) is 2.50. The number of aliphatic imine (C=N–C) groups is 2. The van der Waals surface area contributed by atoms with E-state index in [0.29, 0.717) is 25.0 Å². The molecule has 2 aliphatic rings. The predicted molar refractivity (Wildman–Crippen MR) is 41.7 cm³/mol. The van der Waals surface area contributed by atoms with Crippen molar-refractivity contribution in [3.63, 3.8) is 0 Å². The molecule has 0 aliphatic carbocycles.